The number of hydrogen-bond donors (Lipinski definition) is 2. The molecule has 2 aromatic carbocycles. The first-order valence-corrected chi connectivity index (χ1v) is 6.29. The molecule has 104 valence electrons. The fraction of sp³-hybridized carbons (Fsp3) is 0.0625. The Balaban J connectivity index is 2.59. The van der Waals surface area contributed by atoms with Gasteiger partial charge in [0.05, 0.1) is 11.1 Å². The number of benzene rings is 2. The first-order valence-electron chi connectivity index (χ1n) is 6.29. The minimum absolute atomic E-state index is 0.0110. The van der Waals surface area contributed by atoms with Gasteiger partial charge in [-0.2, -0.15) is 0 Å². The lowest BCUT2D eigenvalue weighted by Crippen LogP contribution is -2.11. The zero-order valence-corrected chi connectivity index (χ0v) is 11.1. The minimum atomic E-state index is -1.23. The van der Waals surface area contributed by atoms with Gasteiger partial charge in [0.25, 0.3) is 0 Å². The molecule has 5 nitrogen and oxygen atoms in total. The van der Waals surface area contributed by atoms with E-state index in [1.54, 1.807) is 12.1 Å². The molecular formula is C16H11NO4. The van der Waals surface area contributed by atoms with Crippen molar-refractivity contribution in [1.82, 2.24) is 4.98 Å². The van der Waals surface area contributed by atoms with Gasteiger partial charge in [0, 0.05) is 10.8 Å². The van der Waals surface area contributed by atoms with Crippen LogP contribution in [0.1, 0.15) is 26.4 Å². The second kappa shape index (κ2) is 4.56. The van der Waals surface area contributed by atoms with Crippen LogP contribution in [-0.2, 0) is 0 Å². The van der Waals surface area contributed by atoms with E-state index in [1.807, 2.05) is 24.3 Å². The molecule has 0 aliphatic heterocycles. The van der Waals surface area contributed by atoms with Crippen LogP contribution in [0.2, 0.25) is 0 Å². The largest absolute Gasteiger partial charge is 0.478 e. The second-order valence-corrected chi connectivity index (χ2v) is 4.75. The van der Waals surface area contributed by atoms with Crippen molar-refractivity contribution in [1.29, 1.82) is 0 Å². The maximum Gasteiger partial charge on any atom is 0.354 e. The van der Waals surface area contributed by atoms with Gasteiger partial charge in [-0.1, -0.05) is 36.4 Å². The van der Waals surface area contributed by atoms with Gasteiger partial charge in [-0.3, -0.25) is 0 Å². The van der Waals surface area contributed by atoms with Crippen LogP contribution in [0, 0.1) is 6.92 Å². The number of aromatic carboxylic acids is 2. The van der Waals surface area contributed by atoms with Gasteiger partial charge < -0.3 is 10.2 Å². The highest BCUT2D eigenvalue weighted by atomic mass is 16.4. The molecule has 3 aromatic rings. The molecule has 3 rings (SSSR count). The molecule has 0 fully saturated rings. The maximum absolute atomic E-state index is 11.5. The average molecular weight is 281 g/mol. The molecule has 0 aliphatic carbocycles. The number of pyridine rings is 1. The molecule has 0 bridgehead atoms. The molecule has 0 saturated carbocycles. The summed E-state index contributed by atoms with van der Waals surface area (Å²) < 4.78 is 0. The summed E-state index contributed by atoms with van der Waals surface area (Å²) in [6.45, 7) is 1.47. The van der Waals surface area contributed by atoms with E-state index in [1.165, 1.54) is 6.92 Å². The van der Waals surface area contributed by atoms with Gasteiger partial charge in [0.15, 0.2) is 5.69 Å². The lowest BCUT2D eigenvalue weighted by Gasteiger charge is -2.11. The predicted molar refractivity (Wildman–Crippen MR) is 77.9 cm³/mol. The Morgan fingerprint density at radius 1 is 0.952 bits per heavy atom. The van der Waals surface area contributed by atoms with Crippen LogP contribution in [0.15, 0.2) is 36.4 Å². The topological polar surface area (TPSA) is 87.5 Å². The maximum atomic E-state index is 11.5. The number of rotatable bonds is 2. The van der Waals surface area contributed by atoms with Crippen LogP contribution in [0.3, 0.4) is 0 Å². The molecule has 0 spiro atoms. The first kappa shape index (κ1) is 13.1. The number of fused-ring (bicyclic) bond motifs is 3. The van der Waals surface area contributed by atoms with Crippen molar-refractivity contribution in [3.63, 3.8) is 0 Å². The van der Waals surface area contributed by atoms with E-state index in [2.05, 4.69) is 4.98 Å². The SMILES string of the molecule is Cc1c(C(=O)O)nc2c(ccc3ccccc32)c1C(=O)O. The van der Waals surface area contributed by atoms with Gasteiger partial charge in [-0.15, -0.1) is 0 Å². The van der Waals surface area contributed by atoms with E-state index >= 15 is 0 Å². The van der Waals surface area contributed by atoms with E-state index in [9.17, 15) is 19.8 Å². The molecule has 0 amide bonds. The standard InChI is InChI=1S/C16H11NO4/c1-8-12(15(18)19)11-7-6-9-4-2-3-5-10(9)14(11)17-13(8)16(20)21/h2-7H,1H3,(H,18,19)(H,20,21). The number of carboxylic acids is 2. The van der Waals surface area contributed by atoms with E-state index < -0.39 is 11.9 Å². The lowest BCUT2D eigenvalue weighted by molar-refractivity contribution is 0.0690. The second-order valence-electron chi connectivity index (χ2n) is 4.75. The van der Waals surface area contributed by atoms with Gasteiger partial charge in [-0.25, -0.2) is 14.6 Å². The van der Waals surface area contributed by atoms with Crippen molar-refractivity contribution in [3.05, 3.63) is 53.2 Å². The third-order valence-electron chi connectivity index (χ3n) is 3.54. The predicted octanol–water partition coefficient (Wildman–Crippen LogP) is 3.09. The smallest absolute Gasteiger partial charge is 0.354 e. The molecule has 0 aliphatic rings. The van der Waals surface area contributed by atoms with Crippen LogP contribution >= 0.6 is 0 Å². The fourth-order valence-corrected chi connectivity index (χ4v) is 2.58. The highest BCUT2D eigenvalue weighted by Gasteiger charge is 2.21. The molecule has 1 heterocycles. The van der Waals surface area contributed by atoms with Gasteiger partial charge >= 0.3 is 11.9 Å². The number of hydrogen-bond acceptors (Lipinski definition) is 3. The Kier molecular flexibility index (Phi) is 2.83. The molecule has 2 N–H and O–H groups in total. The van der Waals surface area contributed by atoms with Gasteiger partial charge in [0.2, 0.25) is 0 Å². The molecule has 0 atom stereocenters. The normalized spacial score (nSPS) is 10.9. The van der Waals surface area contributed by atoms with E-state index in [0.717, 1.165) is 10.8 Å². The lowest BCUT2D eigenvalue weighted by atomic mass is 9.98. The van der Waals surface area contributed by atoms with Crippen molar-refractivity contribution >= 4 is 33.6 Å². The van der Waals surface area contributed by atoms with E-state index in [4.69, 9.17) is 0 Å². The summed E-state index contributed by atoms with van der Waals surface area (Å²) in [5.74, 6) is -2.39. The van der Waals surface area contributed by atoms with Crippen molar-refractivity contribution in [2.75, 3.05) is 0 Å². The van der Waals surface area contributed by atoms with Crippen LogP contribution in [-0.4, -0.2) is 27.1 Å². The number of nitrogens with zero attached hydrogens (tertiary/aromatic N) is 1. The summed E-state index contributed by atoms with van der Waals surface area (Å²) in [6, 6.07) is 10.8. The Morgan fingerprint density at radius 3 is 2.33 bits per heavy atom. The third-order valence-corrected chi connectivity index (χ3v) is 3.54. The quantitative estimate of drug-likeness (QED) is 0.705. The van der Waals surface area contributed by atoms with Crippen molar-refractivity contribution < 1.29 is 19.8 Å². The van der Waals surface area contributed by atoms with Crippen molar-refractivity contribution in [2.45, 2.75) is 6.92 Å². The molecular weight excluding hydrogens is 270 g/mol. The van der Waals surface area contributed by atoms with E-state index in [-0.39, 0.29) is 16.8 Å². The average Bonchev–Trinajstić information content (AvgIpc) is 2.45. The molecule has 21 heavy (non-hydrogen) atoms. The summed E-state index contributed by atoms with van der Waals surface area (Å²) in [4.78, 5) is 27.0. The highest BCUT2D eigenvalue weighted by Crippen LogP contribution is 2.29. The number of carbonyl (C=O) groups is 2. The summed E-state index contributed by atoms with van der Waals surface area (Å²) in [5, 5.41) is 20.7. The molecule has 0 unspecified atom stereocenters. The zero-order chi connectivity index (χ0) is 15.1. The monoisotopic (exact) mass is 281 g/mol. The first-order chi connectivity index (χ1) is 10.0. The third kappa shape index (κ3) is 1.90. The van der Waals surface area contributed by atoms with Crippen LogP contribution in [0.4, 0.5) is 0 Å². The summed E-state index contributed by atoms with van der Waals surface area (Å²) in [7, 11) is 0. The molecule has 0 radical (unpaired) electrons. The van der Waals surface area contributed by atoms with Crippen LogP contribution in [0.25, 0.3) is 21.7 Å². The minimum Gasteiger partial charge on any atom is -0.478 e. The number of carboxylic acid groups (broad SMARTS) is 2. The highest BCUT2D eigenvalue weighted by molar-refractivity contribution is 6.14. The molecule has 5 heteroatoms. The Morgan fingerprint density at radius 2 is 1.67 bits per heavy atom. The van der Waals surface area contributed by atoms with Crippen LogP contribution in [0.5, 0.6) is 0 Å². The van der Waals surface area contributed by atoms with Gasteiger partial charge in [0.1, 0.15) is 0 Å². The number of aromatic nitrogens is 1. The van der Waals surface area contributed by atoms with Gasteiger partial charge in [-0.05, 0) is 17.9 Å². The van der Waals surface area contributed by atoms with Crippen LogP contribution < -0.4 is 0 Å². The Bertz CT molecular complexity index is 915. The summed E-state index contributed by atoms with van der Waals surface area (Å²) in [5.41, 5.74) is 0.325. The summed E-state index contributed by atoms with van der Waals surface area (Å²) >= 11 is 0. The molecule has 1 aromatic heterocycles. The zero-order valence-electron chi connectivity index (χ0n) is 11.1. The summed E-state index contributed by atoms with van der Waals surface area (Å²) in [6.07, 6.45) is 0. The fourth-order valence-electron chi connectivity index (χ4n) is 2.58. The Hall–Kier alpha value is -2.95. The van der Waals surface area contributed by atoms with Crippen molar-refractivity contribution in [3.8, 4) is 0 Å². The Labute approximate surface area is 119 Å². The van der Waals surface area contributed by atoms with E-state index in [0.29, 0.717) is 10.9 Å². The molecule has 0 saturated heterocycles. The van der Waals surface area contributed by atoms with Crippen molar-refractivity contribution in [2.24, 2.45) is 0 Å².